The summed E-state index contributed by atoms with van der Waals surface area (Å²) in [4.78, 5) is 12.4. The van der Waals surface area contributed by atoms with E-state index in [2.05, 4.69) is 9.69 Å². The van der Waals surface area contributed by atoms with Crippen LogP contribution in [0.1, 0.15) is 16.1 Å². The quantitative estimate of drug-likeness (QED) is 0.889. The normalized spacial score (nSPS) is 16.0. The number of nitrogens with one attached hydrogen (secondary N) is 1. The average Bonchev–Trinajstić information content (AvgIpc) is 3.00. The Morgan fingerprint density at radius 3 is 2.50 bits per heavy atom. The Labute approximate surface area is 144 Å². The molecule has 24 heavy (non-hydrogen) atoms. The summed E-state index contributed by atoms with van der Waals surface area (Å²) < 4.78 is 35.7. The highest BCUT2D eigenvalue weighted by Gasteiger charge is 2.26. The molecule has 2 heterocycles. The first-order chi connectivity index (χ1) is 11.5. The molecule has 0 bridgehead atoms. The summed E-state index contributed by atoms with van der Waals surface area (Å²) in [7, 11) is -3.55. The van der Waals surface area contributed by atoms with Gasteiger partial charge in [0.1, 0.15) is 5.00 Å². The number of sulfonamides is 1. The highest BCUT2D eigenvalue weighted by atomic mass is 32.2. The molecule has 0 atom stereocenters. The minimum Gasteiger partial charge on any atom is -0.379 e. The predicted octanol–water partition coefficient (Wildman–Crippen LogP) is 1.72. The molecule has 128 valence electrons. The van der Waals surface area contributed by atoms with Crippen LogP contribution in [0.25, 0.3) is 0 Å². The highest BCUT2D eigenvalue weighted by Crippen LogP contribution is 2.20. The average molecular weight is 367 g/mol. The zero-order chi connectivity index (χ0) is 17.2. The van der Waals surface area contributed by atoms with E-state index in [0.717, 1.165) is 5.69 Å². The molecule has 2 aromatic rings. The summed E-state index contributed by atoms with van der Waals surface area (Å²) in [6.45, 7) is 3.32. The number of morpholine rings is 1. The third-order valence-electron chi connectivity index (χ3n) is 3.59. The lowest BCUT2D eigenvalue weighted by Crippen LogP contribution is -2.40. The number of amides is 1. The summed E-state index contributed by atoms with van der Waals surface area (Å²) in [5, 5.41) is 3.40. The van der Waals surface area contributed by atoms with Gasteiger partial charge in [-0.05, 0) is 48.8 Å². The van der Waals surface area contributed by atoms with Crippen molar-refractivity contribution in [2.75, 3.05) is 31.6 Å². The summed E-state index contributed by atoms with van der Waals surface area (Å²) in [5.74, 6) is -0.297. The number of rotatable bonds is 4. The molecule has 0 radical (unpaired) electrons. The number of benzene rings is 1. The van der Waals surface area contributed by atoms with Gasteiger partial charge in [0, 0.05) is 18.7 Å². The number of ether oxygens (including phenoxy) is 1. The van der Waals surface area contributed by atoms with Crippen LogP contribution in [0.2, 0.25) is 0 Å². The molecule has 9 heteroatoms. The molecule has 7 nitrogen and oxygen atoms in total. The van der Waals surface area contributed by atoms with Crippen molar-refractivity contribution in [2.45, 2.75) is 11.8 Å². The lowest BCUT2D eigenvalue weighted by molar-refractivity contribution is 0.0730. The van der Waals surface area contributed by atoms with E-state index in [1.54, 1.807) is 6.07 Å². The van der Waals surface area contributed by atoms with E-state index in [1.807, 2.05) is 6.92 Å². The Hall–Kier alpha value is -1.81. The maximum atomic E-state index is 12.5. The SMILES string of the molecule is Cc1cc(NC(=O)c2ccc(S(=O)(=O)N3CCOCC3)cc2)sn1. The second kappa shape index (κ2) is 6.98. The van der Waals surface area contributed by atoms with Gasteiger partial charge in [0.2, 0.25) is 10.0 Å². The van der Waals surface area contributed by atoms with Gasteiger partial charge in [-0.15, -0.1) is 0 Å². The maximum Gasteiger partial charge on any atom is 0.256 e. The zero-order valence-corrected chi connectivity index (χ0v) is 14.7. The molecule has 0 aliphatic carbocycles. The Balaban J connectivity index is 1.73. The Morgan fingerprint density at radius 2 is 1.92 bits per heavy atom. The predicted molar refractivity (Wildman–Crippen MR) is 90.8 cm³/mol. The van der Waals surface area contributed by atoms with E-state index in [-0.39, 0.29) is 10.8 Å². The fourth-order valence-corrected chi connectivity index (χ4v) is 4.39. The largest absolute Gasteiger partial charge is 0.379 e. The van der Waals surface area contributed by atoms with E-state index in [1.165, 1.54) is 40.1 Å². The van der Waals surface area contributed by atoms with Crippen LogP contribution in [0, 0.1) is 6.92 Å². The first kappa shape index (κ1) is 17.0. The highest BCUT2D eigenvalue weighted by molar-refractivity contribution is 7.89. The van der Waals surface area contributed by atoms with Crippen molar-refractivity contribution in [1.82, 2.24) is 8.68 Å². The summed E-state index contributed by atoms with van der Waals surface area (Å²) in [6.07, 6.45) is 0. The molecule has 1 amide bonds. The van der Waals surface area contributed by atoms with Crippen LogP contribution in [0.5, 0.6) is 0 Å². The van der Waals surface area contributed by atoms with Crippen LogP contribution in [0.3, 0.4) is 0 Å². The number of nitrogens with zero attached hydrogens (tertiary/aromatic N) is 2. The summed E-state index contributed by atoms with van der Waals surface area (Å²) >= 11 is 1.20. The molecule has 0 unspecified atom stereocenters. The van der Waals surface area contributed by atoms with Gasteiger partial charge >= 0.3 is 0 Å². The summed E-state index contributed by atoms with van der Waals surface area (Å²) in [5.41, 5.74) is 1.23. The van der Waals surface area contributed by atoms with Crippen LogP contribution in [0.15, 0.2) is 35.2 Å². The van der Waals surface area contributed by atoms with Crippen LogP contribution < -0.4 is 5.32 Å². The van der Waals surface area contributed by atoms with E-state index < -0.39 is 10.0 Å². The summed E-state index contributed by atoms with van der Waals surface area (Å²) in [6, 6.07) is 7.71. The van der Waals surface area contributed by atoms with E-state index in [9.17, 15) is 13.2 Å². The van der Waals surface area contributed by atoms with Crippen LogP contribution >= 0.6 is 11.5 Å². The van der Waals surface area contributed by atoms with Crippen molar-refractivity contribution in [3.05, 3.63) is 41.6 Å². The lowest BCUT2D eigenvalue weighted by atomic mass is 10.2. The number of anilines is 1. The second-order valence-corrected chi connectivity index (χ2v) is 8.07. The molecular weight excluding hydrogens is 350 g/mol. The monoisotopic (exact) mass is 367 g/mol. The van der Waals surface area contributed by atoms with Gasteiger partial charge in [-0.25, -0.2) is 8.42 Å². The molecule has 1 N–H and O–H groups in total. The molecule has 3 rings (SSSR count). The fraction of sp³-hybridized carbons (Fsp3) is 0.333. The fourth-order valence-electron chi connectivity index (χ4n) is 2.32. The molecule has 1 aliphatic rings. The lowest BCUT2D eigenvalue weighted by Gasteiger charge is -2.26. The van der Waals surface area contributed by atoms with Gasteiger partial charge in [0.25, 0.3) is 5.91 Å². The molecule has 1 aromatic carbocycles. The topological polar surface area (TPSA) is 88.6 Å². The first-order valence-corrected chi connectivity index (χ1v) is 9.61. The number of aromatic nitrogens is 1. The van der Waals surface area contributed by atoms with Crippen molar-refractivity contribution < 1.29 is 17.9 Å². The molecule has 0 saturated carbocycles. The second-order valence-electron chi connectivity index (χ2n) is 5.33. The van der Waals surface area contributed by atoms with Crippen LogP contribution in [0.4, 0.5) is 5.00 Å². The Kier molecular flexibility index (Phi) is 4.95. The maximum absolute atomic E-state index is 12.5. The van der Waals surface area contributed by atoms with Crippen LogP contribution in [-0.2, 0) is 14.8 Å². The van der Waals surface area contributed by atoms with Crippen molar-refractivity contribution in [3.63, 3.8) is 0 Å². The number of hydrogen-bond donors (Lipinski definition) is 1. The first-order valence-electron chi connectivity index (χ1n) is 7.39. The van der Waals surface area contributed by atoms with Gasteiger partial charge in [-0.3, -0.25) is 4.79 Å². The number of carbonyl (C=O) groups is 1. The standard InChI is InChI=1S/C15H17N3O4S2/c1-11-10-14(23-17-11)16-15(19)12-2-4-13(5-3-12)24(20,21)18-6-8-22-9-7-18/h2-5,10H,6-9H2,1H3,(H,16,19). The Bertz CT molecular complexity index is 825. The van der Waals surface area contributed by atoms with E-state index >= 15 is 0 Å². The molecule has 1 saturated heterocycles. The molecular formula is C15H17N3O4S2. The minimum atomic E-state index is -3.55. The van der Waals surface area contributed by atoms with Gasteiger partial charge in [0.15, 0.2) is 0 Å². The van der Waals surface area contributed by atoms with Crippen molar-refractivity contribution >= 4 is 32.5 Å². The van der Waals surface area contributed by atoms with Crippen molar-refractivity contribution in [2.24, 2.45) is 0 Å². The van der Waals surface area contributed by atoms with E-state index in [4.69, 9.17) is 4.74 Å². The van der Waals surface area contributed by atoms with Gasteiger partial charge in [-0.1, -0.05) is 0 Å². The number of carbonyl (C=O) groups excluding carboxylic acids is 1. The zero-order valence-electron chi connectivity index (χ0n) is 13.1. The molecule has 0 spiro atoms. The number of hydrogen-bond acceptors (Lipinski definition) is 6. The van der Waals surface area contributed by atoms with Crippen molar-refractivity contribution in [3.8, 4) is 0 Å². The van der Waals surface area contributed by atoms with E-state index in [0.29, 0.717) is 36.9 Å². The third-order valence-corrected chi connectivity index (χ3v) is 6.30. The minimum absolute atomic E-state index is 0.176. The van der Waals surface area contributed by atoms with Gasteiger partial charge < -0.3 is 10.1 Å². The molecule has 1 aromatic heterocycles. The third kappa shape index (κ3) is 3.64. The van der Waals surface area contributed by atoms with Crippen LogP contribution in [-0.4, -0.2) is 49.3 Å². The molecule has 1 fully saturated rings. The van der Waals surface area contributed by atoms with Gasteiger partial charge in [0.05, 0.1) is 23.8 Å². The number of aryl methyl sites for hydroxylation is 1. The van der Waals surface area contributed by atoms with Gasteiger partial charge in [-0.2, -0.15) is 8.68 Å². The molecule has 1 aliphatic heterocycles. The van der Waals surface area contributed by atoms with Crippen molar-refractivity contribution in [1.29, 1.82) is 0 Å². The Morgan fingerprint density at radius 1 is 1.25 bits per heavy atom. The smallest absolute Gasteiger partial charge is 0.256 e.